The van der Waals surface area contributed by atoms with Crippen molar-refractivity contribution in [2.24, 2.45) is 11.8 Å². The summed E-state index contributed by atoms with van der Waals surface area (Å²) in [6.07, 6.45) is 5.40. The van der Waals surface area contributed by atoms with Crippen molar-refractivity contribution in [3.8, 4) is 0 Å². The number of allylic oxidation sites excluding steroid dienone is 2. The van der Waals surface area contributed by atoms with Gasteiger partial charge in [0.1, 0.15) is 12.6 Å². The highest BCUT2D eigenvalue weighted by atomic mass is 16.1. The quantitative estimate of drug-likeness (QED) is 0.560. The summed E-state index contributed by atoms with van der Waals surface area (Å²) < 4.78 is 0. The molecular weight excluding hydrogens is 140 g/mol. The van der Waals surface area contributed by atoms with Crippen molar-refractivity contribution < 1.29 is 9.59 Å². The second kappa shape index (κ2) is 3.46. The third-order valence-electron chi connectivity index (χ3n) is 2.22. The molecule has 2 unspecified atom stereocenters. The molecule has 2 nitrogen and oxygen atoms in total. The van der Waals surface area contributed by atoms with Crippen LogP contribution in [0.15, 0.2) is 11.6 Å². The zero-order valence-corrected chi connectivity index (χ0v) is 6.62. The number of carbonyl (C=O) groups excluding carboxylic acids is 2. The molecule has 0 saturated carbocycles. The maximum atomic E-state index is 10.4. The van der Waals surface area contributed by atoms with Gasteiger partial charge in [0.25, 0.3) is 0 Å². The van der Waals surface area contributed by atoms with E-state index in [0.29, 0.717) is 5.92 Å². The van der Waals surface area contributed by atoms with Crippen molar-refractivity contribution in [2.45, 2.75) is 19.8 Å². The zero-order valence-electron chi connectivity index (χ0n) is 6.62. The molecule has 1 aliphatic rings. The summed E-state index contributed by atoms with van der Waals surface area (Å²) in [6.45, 7) is 2.02. The van der Waals surface area contributed by atoms with E-state index < -0.39 is 0 Å². The van der Waals surface area contributed by atoms with Gasteiger partial charge in [0, 0.05) is 5.92 Å². The van der Waals surface area contributed by atoms with Crippen LogP contribution in [-0.2, 0) is 9.59 Å². The fraction of sp³-hybridized carbons (Fsp3) is 0.556. The van der Waals surface area contributed by atoms with Crippen LogP contribution in [0.3, 0.4) is 0 Å². The first-order valence-corrected chi connectivity index (χ1v) is 3.90. The number of aldehydes is 2. The SMILES string of the molecule is CC1CCC(C=O)C=C1C=O. The lowest BCUT2D eigenvalue weighted by molar-refractivity contribution is -0.110. The summed E-state index contributed by atoms with van der Waals surface area (Å²) in [5.74, 6) is 0.315. The molecule has 1 aliphatic carbocycles. The Kier molecular flexibility index (Phi) is 2.58. The van der Waals surface area contributed by atoms with Crippen LogP contribution >= 0.6 is 0 Å². The fourth-order valence-electron chi connectivity index (χ4n) is 1.37. The number of carbonyl (C=O) groups is 2. The van der Waals surface area contributed by atoms with Crippen LogP contribution in [0.2, 0.25) is 0 Å². The van der Waals surface area contributed by atoms with E-state index in [0.717, 1.165) is 31.0 Å². The molecule has 0 bridgehead atoms. The Morgan fingerprint density at radius 3 is 2.73 bits per heavy atom. The van der Waals surface area contributed by atoms with E-state index in [4.69, 9.17) is 0 Å². The van der Waals surface area contributed by atoms with Gasteiger partial charge in [-0.2, -0.15) is 0 Å². The van der Waals surface area contributed by atoms with Crippen molar-refractivity contribution in [3.63, 3.8) is 0 Å². The third kappa shape index (κ3) is 1.76. The predicted octanol–water partition coefficient (Wildman–Crippen LogP) is 1.36. The molecule has 60 valence electrons. The molecule has 2 atom stereocenters. The summed E-state index contributed by atoms with van der Waals surface area (Å²) in [7, 11) is 0. The molecule has 1 rings (SSSR count). The number of rotatable bonds is 2. The van der Waals surface area contributed by atoms with Crippen LogP contribution in [-0.4, -0.2) is 12.6 Å². The Morgan fingerprint density at radius 1 is 1.45 bits per heavy atom. The molecule has 0 amide bonds. The summed E-state index contributed by atoms with van der Waals surface area (Å²) in [6, 6.07) is 0. The molecule has 2 heteroatoms. The minimum Gasteiger partial charge on any atom is -0.303 e. The average molecular weight is 152 g/mol. The van der Waals surface area contributed by atoms with E-state index >= 15 is 0 Å². The first kappa shape index (κ1) is 8.18. The van der Waals surface area contributed by atoms with Crippen molar-refractivity contribution in [2.75, 3.05) is 0 Å². The van der Waals surface area contributed by atoms with Crippen LogP contribution in [0.25, 0.3) is 0 Å². The van der Waals surface area contributed by atoms with Gasteiger partial charge in [-0.25, -0.2) is 0 Å². The largest absolute Gasteiger partial charge is 0.303 e. The zero-order chi connectivity index (χ0) is 8.27. The molecule has 0 radical (unpaired) electrons. The Balaban J connectivity index is 2.75. The minimum absolute atomic E-state index is 0.0219. The lowest BCUT2D eigenvalue weighted by Crippen LogP contribution is -2.13. The molecule has 0 aromatic carbocycles. The topological polar surface area (TPSA) is 34.1 Å². The lowest BCUT2D eigenvalue weighted by atomic mass is 9.85. The first-order chi connectivity index (χ1) is 5.27. The predicted molar refractivity (Wildman–Crippen MR) is 42.1 cm³/mol. The highest BCUT2D eigenvalue weighted by Gasteiger charge is 2.18. The average Bonchev–Trinajstić information content (AvgIpc) is 2.05. The third-order valence-corrected chi connectivity index (χ3v) is 2.22. The van der Waals surface area contributed by atoms with E-state index in [-0.39, 0.29) is 5.92 Å². The van der Waals surface area contributed by atoms with Gasteiger partial charge in [-0.05, 0) is 24.3 Å². The van der Waals surface area contributed by atoms with E-state index in [2.05, 4.69) is 0 Å². The summed E-state index contributed by atoms with van der Waals surface area (Å²) in [5, 5.41) is 0. The minimum atomic E-state index is -0.0219. The van der Waals surface area contributed by atoms with Gasteiger partial charge in [0.15, 0.2) is 0 Å². The van der Waals surface area contributed by atoms with Gasteiger partial charge in [0.05, 0.1) is 0 Å². The van der Waals surface area contributed by atoms with Crippen LogP contribution in [0.5, 0.6) is 0 Å². The molecule has 0 aliphatic heterocycles. The first-order valence-electron chi connectivity index (χ1n) is 3.90. The fourth-order valence-corrected chi connectivity index (χ4v) is 1.37. The van der Waals surface area contributed by atoms with Crippen LogP contribution in [0.4, 0.5) is 0 Å². The summed E-state index contributed by atoms with van der Waals surface area (Å²) in [4.78, 5) is 20.8. The normalized spacial score (nSPS) is 30.8. The highest BCUT2D eigenvalue weighted by Crippen LogP contribution is 2.25. The molecule has 11 heavy (non-hydrogen) atoms. The van der Waals surface area contributed by atoms with Gasteiger partial charge in [0.2, 0.25) is 0 Å². The van der Waals surface area contributed by atoms with Gasteiger partial charge < -0.3 is 4.79 Å². The number of hydrogen-bond acceptors (Lipinski definition) is 2. The van der Waals surface area contributed by atoms with Crippen molar-refractivity contribution in [1.82, 2.24) is 0 Å². The molecule has 0 spiro atoms. The molecule has 0 aromatic rings. The highest BCUT2D eigenvalue weighted by molar-refractivity contribution is 5.76. The van der Waals surface area contributed by atoms with E-state index in [1.807, 2.05) is 6.92 Å². The second-order valence-corrected chi connectivity index (χ2v) is 3.06. The van der Waals surface area contributed by atoms with Crippen molar-refractivity contribution >= 4 is 12.6 Å². The van der Waals surface area contributed by atoms with E-state index in [9.17, 15) is 9.59 Å². The Bertz CT molecular complexity index is 194. The van der Waals surface area contributed by atoms with Crippen LogP contribution in [0, 0.1) is 11.8 Å². The van der Waals surface area contributed by atoms with Crippen molar-refractivity contribution in [1.29, 1.82) is 0 Å². The van der Waals surface area contributed by atoms with Crippen LogP contribution in [0.1, 0.15) is 19.8 Å². The molecular formula is C9H12O2. The van der Waals surface area contributed by atoms with E-state index in [1.54, 1.807) is 6.08 Å². The summed E-state index contributed by atoms with van der Waals surface area (Å²) in [5.41, 5.74) is 0.786. The number of hydrogen-bond donors (Lipinski definition) is 0. The van der Waals surface area contributed by atoms with Crippen molar-refractivity contribution in [3.05, 3.63) is 11.6 Å². The van der Waals surface area contributed by atoms with E-state index in [1.165, 1.54) is 0 Å². The molecule has 0 aromatic heterocycles. The summed E-state index contributed by atoms with van der Waals surface area (Å²) >= 11 is 0. The van der Waals surface area contributed by atoms with Crippen LogP contribution < -0.4 is 0 Å². The maximum Gasteiger partial charge on any atom is 0.145 e. The monoisotopic (exact) mass is 152 g/mol. The smallest absolute Gasteiger partial charge is 0.145 e. The maximum absolute atomic E-state index is 10.4. The Hall–Kier alpha value is -0.920. The Morgan fingerprint density at radius 2 is 2.18 bits per heavy atom. The standard InChI is InChI=1S/C9H12O2/c1-7-2-3-8(5-10)4-9(7)6-11/h4-8H,2-3H2,1H3. The molecule has 0 N–H and O–H groups in total. The second-order valence-electron chi connectivity index (χ2n) is 3.06. The van der Waals surface area contributed by atoms with Gasteiger partial charge >= 0.3 is 0 Å². The van der Waals surface area contributed by atoms with Gasteiger partial charge in [-0.3, -0.25) is 4.79 Å². The van der Waals surface area contributed by atoms with Gasteiger partial charge in [-0.15, -0.1) is 0 Å². The molecule has 0 fully saturated rings. The van der Waals surface area contributed by atoms with Gasteiger partial charge in [-0.1, -0.05) is 13.0 Å². The lowest BCUT2D eigenvalue weighted by Gasteiger charge is -2.19. The molecule has 0 heterocycles. The molecule has 0 saturated heterocycles. The Labute approximate surface area is 66.3 Å².